The first kappa shape index (κ1) is 24.1. The number of ether oxygens (including phenoxy) is 2. The fourth-order valence-corrected chi connectivity index (χ4v) is 5.54. The monoisotopic (exact) mass is 496 g/mol. The third-order valence-corrected chi connectivity index (χ3v) is 7.31. The molecule has 9 heteroatoms. The van der Waals surface area contributed by atoms with Gasteiger partial charge in [-0.05, 0) is 42.8 Å². The number of thioether (sulfide) groups is 1. The maximum absolute atomic E-state index is 13.7. The van der Waals surface area contributed by atoms with E-state index in [1.165, 1.54) is 11.3 Å². The van der Waals surface area contributed by atoms with Gasteiger partial charge in [-0.25, -0.2) is 9.97 Å². The molecule has 0 saturated carbocycles. The minimum Gasteiger partial charge on any atom is -0.495 e. The smallest absolute Gasteiger partial charge is 0.260 e. The Morgan fingerprint density at radius 1 is 1.12 bits per heavy atom. The molecule has 0 aliphatic rings. The zero-order valence-electron chi connectivity index (χ0n) is 19.7. The first-order valence-electron chi connectivity index (χ1n) is 11.1. The number of aromatic nitrogens is 3. The van der Waals surface area contributed by atoms with Crippen LogP contribution in [0.3, 0.4) is 0 Å². The highest BCUT2D eigenvalue weighted by Gasteiger charge is 2.23. The third-order valence-electron chi connectivity index (χ3n) is 5.21. The number of amides is 1. The zero-order valence-corrected chi connectivity index (χ0v) is 21.4. The molecule has 2 aromatic heterocycles. The van der Waals surface area contributed by atoms with E-state index in [-0.39, 0.29) is 5.91 Å². The Morgan fingerprint density at radius 2 is 1.85 bits per heavy atom. The Hall–Kier alpha value is -3.04. The number of hydrogen-bond acceptors (Lipinski definition) is 7. The lowest BCUT2D eigenvalue weighted by atomic mass is 10.2. The molecule has 0 spiro atoms. The fraction of sp³-hybridized carbons (Fsp3) is 0.320. The number of nitrogens with zero attached hydrogens (tertiary/aromatic N) is 4. The Balaban J connectivity index is 1.66. The van der Waals surface area contributed by atoms with Crippen molar-refractivity contribution in [3.05, 3.63) is 60.7 Å². The van der Waals surface area contributed by atoms with E-state index in [1.807, 2.05) is 47.2 Å². The van der Waals surface area contributed by atoms with Gasteiger partial charge < -0.3 is 14.0 Å². The summed E-state index contributed by atoms with van der Waals surface area (Å²) in [5.41, 5.74) is 1.33. The molecule has 0 bridgehead atoms. The summed E-state index contributed by atoms with van der Waals surface area (Å²) in [6, 6.07) is 11.5. The molecular weight excluding hydrogens is 468 g/mol. The maximum atomic E-state index is 13.7. The zero-order chi connectivity index (χ0) is 24.1. The number of aryl methyl sites for hydroxylation is 1. The van der Waals surface area contributed by atoms with Crippen molar-refractivity contribution in [1.82, 2.24) is 14.5 Å². The van der Waals surface area contributed by atoms with Crippen molar-refractivity contribution in [1.29, 1.82) is 0 Å². The van der Waals surface area contributed by atoms with Crippen LogP contribution in [-0.2, 0) is 6.54 Å². The molecule has 0 N–H and O–H groups in total. The van der Waals surface area contributed by atoms with Crippen molar-refractivity contribution in [3.8, 4) is 11.5 Å². The minimum absolute atomic E-state index is 0.0799. The maximum Gasteiger partial charge on any atom is 0.260 e. The highest BCUT2D eigenvalue weighted by atomic mass is 32.2. The molecule has 7 nitrogen and oxygen atoms in total. The predicted molar refractivity (Wildman–Crippen MR) is 139 cm³/mol. The number of carbonyl (C=O) groups excluding carboxylic acids is 1. The second-order valence-electron chi connectivity index (χ2n) is 7.95. The number of rotatable bonds is 10. The van der Waals surface area contributed by atoms with Crippen LogP contribution in [0.25, 0.3) is 10.2 Å². The first-order valence-corrected chi connectivity index (χ1v) is 12.8. The van der Waals surface area contributed by atoms with Crippen LogP contribution in [0.1, 0.15) is 30.6 Å². The quantitative estimate of drug-likeness (QED) is 0.261. The summed E-state index contributed by atoms with van der Waals surface area (Å²) in [6.07, 6.45) is 6.22. The van der Waals surface area contributed by atoms with Gasteiger partial charge in [0.25, 0.3) is 5.91 Å². The van der Waals surface area contributed by atoms with Gasteiger partial charge in [0.2, 0.25) is 0 Å². The molecule has 178 valence electrons. The van der Waals surface area contributed by atoms with Crippen molar-refractivity contribution >= 4 is 44.4 Å². The molecule has 34 heavy (non-hydrogen) atoms. The van der Waals surface area contributed by atoms with Crippen LogP contribution in [0.4, 0.5) is 5.13 Å². The molecule has 0 unspecified atom stereocenters. The van der Waals surface area contributed by atoms with Gasteiger partial charge in [-0.1, -0.05) is 25.2 Å². The van der Waals surface area contributed by atoms with E-state index in [1.54, 1.807) is 43.4 Å². The number of methoxy groups -OCH3 is 2. The molecule has 2 heterocycles. The first-order chi connectivity index (χ1) is 16.5. The number of carbonyl (C=O) groups is 1. The van der Waals surface area contributed by atoms with Crippen LogP contribution in [0.5, 0.6) is 11.5 Å². The van der Waals surface area contributed by atoms with Gasteiger partial charge >= 0.3 is 0 Å². The molecule has 0 atom stereocenters. The molecule has 0 fully saturated rings. The average molecular weight is 497 g/mol. The molecule has 0 aliphatic heterocycles. The van der Waals surface area contributed by atoms with Gasteiger partial charge in [0.1, 0.15) is 21.7 Å². The van der Waals surface area contributed by atoms with Gasteiger partial charge in [-0.2, -0.15) is 0 Å². The summed E-state index contributed by atoms with van der Waals surface area (Å²) < 4.78 is 13.9. The average Bonchev–Trinajstić information content (AvgIpc) is 3.51. The largest absolute Gasteiger partial charge is 0.495 e. The number of hydrogen-bond donors (Lipinski definition) is 0. The van der Waals surface area contributed by atoms with Crippen molar-refractivity contribution in [3.63, 3.8) is 0 Å². The summed E-state index contributed by atoms with van der Waals surface area (Å²) >= 11 is 3.21. The molecule has 4 rings (SSSR count). The van der Waals surface area contributed by atoms with Crippen molar-refractivity contribution in [2.24, 2.45) is 0 Å². The van der Waals surface area contributed by atoms with Crippen LogP contribution in [0, 0.1) is 0 Å². The van der Waals surface area contributed by atoms with E-state index in [0.717, 1.165) is 22.6 Å². The standard InChI is InChI=1S/C25H28N4O3S2/c1-17(2)33-19-8-6-18(7-9-19)24(30)29(14-5-13-28-15-12-26-16-28)25-27-22-20(31-3)10-11-21(32-4)23(22)34-25/h6-12,15-17H,5,13-14H2,1-4H3. The normalized spacial score (nSPS) is 11.2. The van der Waals surface area contributed by atoms with Crippen molar-refractivity contribution in [2.45, 2.75) is 37.0 Å². The Kier molecular flexibility index (Phi) is 7.74. The number of benzene rings is 2. The summed E-state index contributed by atoms with van der Waals surface area (Å²) in [7, 11) is 3.25. The molecule has 0 aliphatic carbocycles. The van der Waals surface area contributed by atoms with E-state index in [0.29, 0.717) is 39.5 Å². The van der Waals surface area contributed by atoms with Gasteiger partial charge in [0.15, 0.2) is 5.13 Å². The second-order valence-corrected chi connectivity index (χ2v) is 10.6. The molecule has 4 aromatic rings. The van der Waals surface area contributed by atoms with E-state index in [9.17, 15) is 4.79 Å². The summed E-state index contributed by atoms with van der Waals surface area (Å²) in [4.78, 5) is 25.5. The SMILES string of the molecule is COc1ccc(OC)c2sc(N(CCCn3ccnc3)C(=O)c3ccc(SC(C)C)cc3)nc12. The van der Waals surface area contributed by atoms with Crippen molar-refractivity contribution < 1.29 is 14.3 Å². The lowest BCUT2D eigenvalue weighted by molar-refractivity contribution is 0.0986. The van der Waals surface area contributed by atoms with Gasteiger partial charge in [-0.15, -0.1) is 11.8 Å². The van der Waals surface area contributed by atoms with E-state index in [2.05, 4.69) is 18.8 Å². The second kappa shape index (κ2) is 10.9. The van der Waals surface area contributed by atoms with Crippen LogP contribution in [0.2, 0.25) is 0 Å². The summed E-state index contributed by atoms with van der Waals surface area (Å²) in [6.45, 7) is 5.58. The molecule has 1 amide bonds. The van der Waals surface area contributed by atoms with Crippen LogP contribution in [-0.4, -0.2) is 46.5 Å². The predicted octanol–water partition coefficient (Wildman–Crippen LogP) is 5.75. The van der Waals surface area contributed by atoms with E-state index >= 15 is 0 Å². The fourth-order valence-electron chi connectivity index (χ4n) is 3.61. The topological polar surface area (TPSA) is 69.5 Å². The van der Waals surface area contributed by atoms with Gasteiger partial charge in [0.05, 0.1) is 20.5 Å². The third kappa shape index (κ3) is 5.37. The number of thiazole rings is 1. The number of fused-ring (bicyclic) bond motifs is 1. The summed E-state index contributed by atoms with van der Waals surface area (Å²) in [5.74, 6) is 1.28. The van der Waals surface area contributed by atoms with Gasteiger partial charge in [0, 0.05) is 41.2 Å². The van der Waals surface area contributed by atoms with Crippen molar-refractivity contribution in [2.75, 3.05) is 25.7 Å². The Labute approximate surface area is 207 Å². The number of imidazole rings is 1. The summed E-state index contributed by atoms with van der Waals surface area (Å²) in [5, 5.41) is 1.10. The molecule has 0 radical (unpaired) electrons. The lowest BCUT2D eigenvalue weighted by Crippen LogP contribution is -2.32. The minimum atomic E-state index is -0.0799. The highest BCUT2D eigenvalue weighted by molar-refractivity contribution is 7.99. The Bertz CT molecular complexity index is 1200. The van der Waals surface area contributed by atoms with E-state index in [4.69, 9.17) is 14.5 Å². The Morgan fingerprint density at radius 3 is 2.50 bits per heavy atom. The lowest BCUT2D eigenvalue weighted by Gasteiger charge is -2.20. The molecule has 2 aromatic carbocycles. The van der Waals surface area contributed by atoms with Crippen LogP contribution >= 0.6 is 23.1 Å². The van der Waals surface area contributed by atoms with Crippen LogP contribution < -0.4 is 14.4 Å². The highest BCUT2D eigenvalue weighted by Crippen LogP contribution is 2.40. The van der Waals surface area contributed by atoms with Gasteiger partial charge in [-0.3, -0.25) is 9.69 Å². The van der Waals surface area contributed by atoms with Crippen LogP contribution in [0.15, 0.2) is 60.0 Å². The number of anilines is 1. The molecular formula is C25H28N4O3S2. The van der Waals surface area contributed by atoms with E-state index < -0.39 is 0 Å². The molecule has 0 saturated heterocycles.